The van der Waals surface area contributed by atoms with E-state index in [9.17, 15) is 4.79 Å². The quantitative estimate of drug-likeness (QED) is 0.340. The van der Waals surface area contributed by atoms with Gasteiger partial charge in [0.2, 0.25) is 5.91 Å². The number of para-hydroxylation sites is 2. The molecule has 0 spiro atoms. The van der Waals surface area contributed by atoms with Crippen molar-refractivity contribution >= 4 is 54.3 Å². The van der Waals surface area contributed by atoms with Crippen molar-refractivity contribution in [3.63, 3.8) is 0 Å². The topological polar surface area (TPSA) is 49.0 Å². The van der Waals surface area contributed by atoms with Crippen molar-refractivity contribution in [2.24, 2.45) is 5.92 Å². The second-order valence-corrected chi connectivity index (χ2v) is 10.3. The van der Waals surface area contributed by atoms with Gasteiger partial charge in [-0.25, -0.2) is 4.98 Å². The highest BCUT2D eigenvalue weighted by molar-refractivity contribution is 9.10. The van der Waals surface area contributed by atoms with E-state index >= 15 is 0 Å². The molecule has 0 bridgehead atoms. The summed E-state index contributed by atoms with van der Waals surface area (Å²) < 4.78 is 2.27. The van der Waals surface area contributed by atoms with E-state index in [-0.39, 0.29) is 17.7 Å². The lowest BCUT2D eigenvalue weighted by molar-refractivity contribution is -0.137. The highest BCUT2D eigenvalue weighted by atomic mass is 79.9. The number of nitrogens with zero attached hydrogens (tertiary/aromatic N) is 2. The summed E-state index contributed by atoms with van der Waals surface area (Å²) in [7, 11) is 0. The molecule has 2 aromatic carbocycles. The Morgan fingerprint density at radius 3 is 2.90 bits per heavy atom. The van der Waals surface area contributed by atoms with E-state index in [1.807, 2.05) is 6.07 Å². The smallest absolute Gasteiger partial charge is 0.227 e. The van der Waals surface area contributed by atoms with Gasteiger partial charge in [0.15, 0.2) is 0 Å². The van der Waals surface area contributed by atoms with Crippen molar-refractivity contribution in [3.05, 3.63) is 75.4 Å². The van der Waals surface area contributed by atoms with Gasteiger partial charge in [-0.2, -0.15) is 0 Å². The van der Waals surface area contributed by atoms with Crippen LogP contribution in [-0.4, -0.2) is 27.3 Å². The zero-order chi connectivity index (χ0) is 20.9. The number of halogens is 1. The third kappa shape index (κ3) is 3.24. The number of thiazole rings is 1. The first-order valence-corrected chi connectivity index (χ1v) is 12.4. The average Bonchev–Trinajstić information content (AvgIpc) is 3.40. The fourth-order valence-electron chi connectivity index (χ4n) is 5.03. The normalized spacial score (nSPS) is 21.0. The van der Waals surface area contributed by atoms with E-state index in [0.29, 0.717) is 6.54 Å². The summed E-state index contributed by atoms with van der Waals surface area (Å²) in [5, 5.41) is 2.31. The maximum Gasteiger partial charge on any atom is 0.227 e. The Bertz CT molecular complexity index is 1300. The number of carbonyl (C=O) groups is 1. The molecule has 4 nitrogen and oxygen atoms in total. The van der Waals surface area contributed by atoms with Crippen LogP contribution in [0.3, 0.4) is 0 Å². The van der Waals surface area contributed by atoms with Crippen LogP contribution in [0.4, 0.5) is 0 Å². The second kappa shape index (κ2) is 7.61. The van der Waals surface area contributed by atoms with Gasteiger partial charge in [0.25, 0.3) is 0 Å². The van der Waals surface area contributed by atoms with E-state index < -0.39 is 0 Å². The maximum absolute atomic E-state index is 13.7. The number of aromatic nitrogens is 2. The number of aromatic amines is 1. The van der Waals surface area contributed by atoms with Crippen LogP contribution >= 0.6 is 27.3 Å². The third-order valence-corrected chi connectivity index (χ3v) is 8.48. The summed E-state index contributed by atoms with van der Waals surface area (Å²) in [5.41, 5.74) is 4.70. The van der Waals surface area contributed by atoms with Crippen molar-refractivity contribution in [1.82, 2.24) is 14.9 Å². The van der Waals surface area contributed by atoms with Gasteiger partial charge < -0.3 is 9.88 Å². The van der Waals surface area contributed by atoms with Gasteiger partial charge in [-0.15, -0.1) is 11.3 Å². The SMILES string of the molecule is O=C(C1CC=CCC1c1nc2ccccc2s1)N1CCc2[nH]c3c(Br)cccc3c2C1. The summed E-state index contributed by atoms with van der Waals surface area (Å²) in [4.78, 5) is 24.3. The van der Waals surface area contributed by atoms with Crippen molar-refractivity contribution in [2.75, 3.05) is 6.54 Å². The Morgan fingerprint density at radius 1 is 1.13 bits per heavy atom. The summed E-state index contributed by atoms with van der Waals surface area (Å²) in [6.07, 6.45) is 6.94. The predicted molar refractivity (Wildman–Crippen MR) is 129 cm³/mol. The first kappa shape index (κ1) is 19.3. The number of nitrogens with one attached hydrogen (secondary N) is 1. The van der Waals surface area contributed by atoms with E-state index in [1.54, 1.807) is 11.3 Å². The van der Waals surface area contributed by atoms with Gasteiger partial charge in [-0.1, -0.05) is 36.4 Å². The Labute approximate surface area is 193 Å². The first-order valence-electron chi connectivity index (χ1n) is 10.8. The summed E-state index contributed by atoms with van der Waals surface area (Å²) >= 11 is 5.39. The van der Waals surface area contributed by atoms with Gasteiger partial charge in [0.05, 0.1) is 26.7 Å². The highest BCUT2D eigenvalue weighted by Crippen LogP contribution is 2.40. The largest absolute Gasteiger partial charge is 0.357 e. The van der Waals surface area contributed by atoms with Crippen LogP contribution in [0.2, 0.25) is 0 Å². The van der Waals surface area contributed by atoms with E-state index in [1.165, 1.54) is 21.3 Å². The summed E-state index contributed by atoms with van der Waals surface area (Å²) in [6, 6.07) is 14.5. The third-order valence-electron chi connectivity index (χ3n) is 6.65. The number of hydrogen-bond donors (Lipinski definition) is 1. The molecule has 0 radical (unpaired) electrons. The molecule has 6 rings (SSSR count). The number of H-pyrrole nitrogens is 1. The zero-order valence-corrected chi connectivity index (χ0v) is 19.4. The van der Waals surface area contributed by atoms with Crippen LogP contribution in [-0.2, 0) is 17.8 Å². The van der Waals surface area contributed by atoms with Crippen LogP contribution in [0.15, 0.2) is 59.1 Å². The molecular weight excluding hydrogens is 470 g/mol. The fourth-order valence-corrected chi connectivity index (χ4v) is 6.64. The standard InChI is InChI=1S/C25H22BrN3OS/c26-19-9-5-8-15-18-14-29(13-12-20(18)27-23(15)19)25(30)17-7-2-1-6-16(17)24-28-21-10-3-4-11-22(21)31-24/h1-5,8-11,16-17,27H,6-7,12-14H2. The van der Waals surface area contributed by atoms with E-state index in [0.717, 1.165) is 46.3 Å². The Hall–Kier alpha value is -2.44. The maximum atomic E-state index is 13.7. The Kier molecular flexibility index (Phi) is 4.73. The van der Waals surface area contributed by atoms with Gasteiger partial charge in [-0.3, -0.25) is 4.79 Å². The zero-order valence-electron chi connectivity index (χ0n) is 17.0. The molecule has 3 heterocycles. The Balaban J connectivity index is 1.31. The molecule has 1 N–H and O–H groups in total. The number of allylic oxidation sites excluding steroid dienone is 2. The fraction of sp³-hybridized carbons (Fsp3) is 0.280. The summed E-state index contributed by atoms with van der Waals surface area (Å²) in [5.74, 6) is 0.390. The summed E-state index contributed by atoms with van der Waals surface area (Å²) in [6.45, 7) is 1.44. The molecule has 1 amide bonds. The molecule has 4 aromatic rings. The minimum Gasteiger partial charge on any atom is -0.357 e. The number of amides is 1. The van der Waals surface area contributed by atoms with Crippen LogP contribution in [0.1, 0.15) is 35.0 Å². The van der Waals surface area contributed by atoms with Crippen molar-refractivity contribution < 1.29 is 4.79 Å². The van der Waals surface area contributed by atoms with Gasteiger partial charge >= 0.3 is 0 Å². The molecule has 1 aliphatic carbocycles. The van der Waals surface area contributed by atoms with E-state index in [4.69, 9.17) is 4.98 Å². The first-order chi connectivity index (χ1) is 15.2. The minimum absolute atomic E-state index is 0.0379. The highest BCUT2D eigenvalue weighted by Gasteiger charge is 2.36. The number of carbonyl (C=O) groups excluding carboxylic acids is 1. The van der Waals surface area contributed by atoms with E-state index in [2.05, 4.69) is 74.4 Å². The number of benzene rings is 2. The molecular formula is C25H22BrN3OS. The van der Waals surface area contributed by atoms with Crippen LogP contribution < -0.4 is 0 Å². The molecule has 2 aliphatic rings. The van der Waals surface area contributed by atoms with Crippen molar-refractivity contribution in [3.8, 4) is 0 Å². The lowest BCUT2D eigenvalue weighted by atomic mass is 9.82. The number of rotatable bonds is 2. The lowest BCUT2D eigenvalue weighted by Crippen LogP contribution is -2.41. The molecule has 2 unspecified atom stereocenters. The number of hydrogen-bond acceptors (Lipinski definition) is 3. The molecule has 156 valence electrons. The second-order valence-electron chi connectivity index (χ2n) is 8.43. The minimum atomic E-state index is -0.0379. The monoisotopic (exact) mass is 491 g/mol. The lowest BCUT2D eigenvalue weighted by Gasteiger charge is -2.34. The molecule has 0 saturated carbocycles. The molecule has 0 fully saturated rings. The molecule has 1 aliphatic heterocycles. The van der Waals surface area contributed by atoms with Crippen LogP contribution in [0.25, 0.3) is 21.1 Å². The Morgan fingerprint density at radius 2 is 2.00 bits per heavy atom. The predicted octanol–water partition coefficient (Wildman–Crippen LogP) is 6.17. The van der Waals surface area contributed by atoms with Gasteiger partial charge in [0, 0.05) is 46.5 Å². The molecule has 31 heavy (non-hydrogen) atoms. The van der Waals surface area contributed by atoms with Crippen molar-refractivity contribution in [1.29, 1.82) is 0 Å². The van der Waals surface area contributed by atoms with Crippen LogP contribution in [0, 0.1) is 5.92 Å². The number of fused-ring (bicyclic) bond motifs is 4. The molecule has 0 saturated heterocycles. The van der Waals surface area contributed by atoms with Crippen molar-refractivity contribution in [2.45, 2.75) is 31.7 Å². The van der Waals surface area contributed by atoms with Gasteiger partial charge in [0.1, 0.15) is 0 Å². The molecule has 6 heteroatoms. The van der Waals surface area contributed by atoms with Gasteiger partial charge in [-0.05, 0) is 47.0 Å². The van der Waals surface area contributed by atoms with Crippen LogP contribution in [0.5, 0.6) is 0 Å². The average molecular weight is 492 g/mol. The molecule has 2 atom stereocenters. The molecule has 2 aromatic heterocycles.